The Bertz CT molecular complexity index is 548. The molecule has 4 nitrogen and oxygen atoms in total. The van der Waals surface area contributed by atoms with E-state index in [-0.39, 0.29) is 0 Å². The summed E-state index contributed by atoms with van der Waals surface area (Å²) in [5.74, 6) is 0.646. The van der Waals surface area contributed by atoms with E-state index in [0.29, 0.717) is 5.92 Å². The number of pyridine rings is 1. The summed E-state index contributed by atoms with van der Waals surface area (Å²) in [6, 6.07) is 2.08. The van der Waals surface area contributed by atoms with E-state index in [1.54, 1.807) is 0 Å². The Labute approximate surface area is 127 Å². The minimum absolute atomic E-state index is 0.646. The average molecular weight is 370 g/mol. The smallest absolute Gasteiger partial charge is 0.0724 e. The first-order chi connectivity index (χ1) is 9.06. The van der Waals surface area contributed by atoms with Gasteiger partial charge in [-0.05, 0) is 48.0 Å². The number of nitrogens with one attached hydrogen (secondary N) is 1. The van der Waals surface area contributed by atoms with Gasteiger partial charge in [0, 0.05) is 30.2 Å². The van der Waals surface area contributed by atoms with Crippen molar-refractivity contribution in [3.63, 3.8) is 0 Å². The van der Waals surface area contributed by atoms with E-state index in [4.69, 9.17) is 0 Å². The summed E-state index contributed by atoms with van der Waals surface area (Å²) in [4.78, 5) is 4.39. The second-order valence-electron chi connectivity index (χ2n) is 5.08. The maximum atomic E-state index is 4.39. The lowest BCUT2D eigenvalue weighted by atomic mass is 10.2. The maximum Gasteiger partial charge on any atom is 0.0724 e. The number of rotatable bonds is 5. The molecule has 19 heavy (non-hydrogen) atoms. The van der Waals surface area contributed by atoms with Crippen molar-refractivity contribution >= 4 is 22.6 Å². The number of hydrogen-bond acceptors (Lipinski definition) is 3. The van der Waals surface area contributed by atoms with Crippen molar-refractivity contribution in [2.24, 2.45) is 5.92 Å². The Morgan fingerprint density at radius 2 is 2.16 bits per heavy atom. The van der Waals surface area contributed by atoms with E-state index in [1.807, 2.05) is 30.2 Å². The largest absolute Gasteiger partial charge is 0.312 e. The summed E-state index contributed by atoms with van der Waals surface area (Å²) in [6.45, 7) is 8.23. The SMILES string of the molecule is Cc1cc(-n2cc(I)cn2)c(CNCC(C)C)cn1. The summed E-state index contributed by atoms with van der Waals surface area (Å²) in [7, 11) is 0. The lowest BCUT2D eigenvalue weighted by molar-refractivity contribution is 0.550. The van der Waals surface area contributed by atoms with Crippen LogP contribution < -0.4 is 5.32 Å². The minimum Gasteiger partial charge on any atom is -0.312 e. The van der Waals surface area contributed by atoms with Crippen LogP contribution in [0.25, 0.3) is 5.69 Å². The van der Waals surface area contributed by atoms with E-state index in [9.17, 15) is 0 Å². The van der Waals surface area contributed by atoms with Crippen molar-refractivity contribution in [1.82, 2.24) is 20.1 Å². The van der Waals surface area contributed by atoms with E-state index in [2.05, 4.69) is 57.9 Å². The second-order valence-corrected chi connectivity index (χ2v) is 6.33. The first-order valence-corrected chi connectivity index (χ1v) is 7.51. The summed E-state index contributed by atoms with van der Waals surface area (Å²) >= 11 is 2.27. The molecular formula is C14H19IN4. The van der Waals surface area contributed by atoms with Crippen molar-refractivity contribution in [1.29, 1.82) is 0 Å². The van der Waals surface area contributed by atoms with Gasteiger partial charge in [0.25, 0.3) is 0 Å². The van der Waals surface area contributed by atoms with Crippen LogP contribution in [0.1, 0.15) is 25.1 Å². The van der Waals surface area contributed by atoms with Gasteiger partial charge < -0.3 is 5.32 Å². The van der Waals surface area contributed by atoms with Crippen LogP contribution in [0.5, 0.6) is 0 Å². The van der Waals surface area contributed by atoms with Crippen LogP contribution in [0.15, 0.2) is 24.7 Å². The maximum absolute atomic E-state index is 4.39. The van der Waals surface area contributed by atoms with E-state index in [0.717, 1.165) is 28.0 Å². The fourth-order valence-corrected chi connectivity index (χ4v) is 2.24. The fraction of sp³-hybridized carbons (Fsp3) is 0.429. The molecule has 0 radical (unpaired) electrons. The van der Waals surface area contributed by atoms with Crippen molar-refractivity contribution in [2.75, 3.05) is 6.54 Å². The lowest BCUT2D eigenvalue weighted by Gasteiger charge is -2.12. The zero-order chi connectivity index (χ0) is 13.8. The highest BCUT2D eigenvalue weighted by Gasteiger charge is 2.07. The normalized spacial score (nSPS) is 11.2. The van der Waals surface area contributed by atoms with Gasteiger partial charge in [0.1, 0.15) is 0 Å². The minimum atomic E-state index is 0.646. The van der Waals surface area contributed by atoms with Crippen LogP contribution in [0.2, 0.25) is 0 Å². The van der Waals surface area contributed by atoms with Crippen LogP contribution >= 0.6 is 22.6 Å². The van der Waals surface area contributed by atoms with E-state index >= 15 is 0 Å². The molecule has 0 atom stereocenters. The number of aryl methyl sites for hydroxylation is 1. The molecule has 0 saturated heterocycles. The van der Waals surface area contributed by atoms with Crippen LogP contribution in [-0.4, -0.2) is 21.3 Å². The Hall–Kier alpha value is -0.950. The van der Waals surface area contributed by atoms with Gasteiger partial charge in [-0.15, -0.1) is 0 Å². The molecule has 0 saturated carbocycles. The first-order valence-electron chi connectivity index (χ1n) is 6.43. The van der Waals surface area contributed by atoms with E-state index in [1.165, 1.54) is 5.56 Å². The topological polar surface area (TPSA) is 42.7 Å². The Kier molecular flexibility index (Phi) is 4.93. The fourth-order valence-electron chi connectivity index (χ4n) is 1.85. The molecule has 0 bridgehead atoms. The summed E-state index contributed by atoms with van der Waals surface area (Å²) < 4.78 is 3.05. The molecule has 0 unspecified atom stereocenters. The lowest BCUT2D eigenvalue weighted by Crippen LogP contribution is -2.20. The first kappa shape index (κ1) is 14.5. The van der Waals surface area contributed by atoms with Crippen LogP contribution in [0.4, 0.5) is 0 Å². The molecule has 0 fully saturated rings. The van der Waals surface area contributed by atoms with Crippen molar-refractivity contribution in [3.05, 3.63) is 39.5 Å². The van der Waals surface area contributed by atoms with Gasteiger partial charge in [-0.3, -0.25) is 4.98 Å². The number of nitrogens with zero attached hydrogens (tertiary/aromatic N) is 3. The summed E-state index contributed by atoms with van der Waals surface area (Å²) in [5.41, 5.74) is 3.28. The van der Waals surface area contributed by atoms with Gasteiger partial charge in [-0.2, -0.15) is 5.10 Å². The highest BCUT2D eigenvalue weighted by molar-refractivity contribution is 14.1. The third-order valence-corrected chi connectivity index (χ3v) is 3.32. The number of hydrogen-bond donors (Lipinski definition) is 1. The molecule has 0 aliphatic rings. The van der Waals surface area contributed by atoms with Crippen molar-refractivity contribution in [3.8, 4) is 5.69 Å². The van der Waals surface area contributed by atoms with Gasteiger partial charge >= 0.3 is 0 Å². The van der Waals surface area contributed by atoms with Gasteiger partial charge in [0.05, 0.1) is 15.5 Å². The van der Waals surface area contributed by atoms with Gasteiger partial charge in [0.15, 0.2) is 0 Å². The van der Waals surface area contributed by atoms with Crippen molar-refractivity contribution in [2.45, 2.75) is 27.3 Å². The molecule has 5 heteroatoms. The van der Waals surface area contributed by atoms with Crippen LogP contribution in [-0.2, 0) is 6.54 Å². The quantitative estimate of drug-likeness (QED) is 0.824. The van der Waals surface area contributed by atoms with Crippen LogP contribution in [0.3, 0.4) is 0 Å². The predicted octanol–water partition coefficient (Wildman–Crippen LogP) is 2.93. The van der Waals surface area contributed by atoms with Crippen LogP contribution in [0, 0.1) is 16.4 Å². The Balaban J connectivity index is 2.23. The Morgan fingerprint density at radius 1 is 1.37 bits per heavy atom. The molecule has 0 aromatic carbocycles. The predicted molar refractivity (Wildman–Crippen MR) is 85.4 cm³/mol. The van der Waals surface area contributed by atoms with Gasteiger partial charge in [-0.25, -0.2) is 4.68 Å². The average Bonchev–Trinajstić information content (AvgIpc) is 2.77. The zero-order valence-electron chi connectivity index (χ0n) is 11.5. The molecule has 0 spiro atoms. The van der Waals surface area contributed by atoms with Gasteiger partial charge in [-0.1, -0.05) is 13.8 Å². The molecule has 2 heterocycles. The molecular weight excluding hydrogens is 351 g/mol. The Morgan fingerprint density at radius 3 is 2.79 bits per heavy atom. The third-order valence-electron chi connectivity index (χ3n) is 2.76. The number of aromatic nitrogens is 3. The zero-order valence-corrected chi connectivity index (χ0v) is 13.7. The highest BCUT2D eigenvalue weighted by Crippen LogP contribution is 2.16. The molecule has 0 aliphatic carbocycles. The second kappa shape index (κ2) is 6.47. The third kappa shape index (κ3) is 4.01. The van der Waals surface area contributed by atoms with Gasteiger partial charge in [0.2, 0.25) is 0 Å². The molecule has 0 amide bonds. The molecule has 0 aliphatic heterocycles. The molecule has 2 aromatic rings. The van der Waals surface area contributed by atoms with Crippen molar-refractivity contribution < 1.29 is 0 Å². The summed E-state index contributed by atoms with van der Waals surface area (Å²) in [5, 5.41) is 7.84. The number of halogens is 1. The molecule has 102 valence electrons. The standard InChI is InChI=1S/C14H19IN4/c1-10(2)5-16-6-12-7-17-11(3)4-14(12)19-9-13(15)8-18-19/h4,7-10,16H,5-6H2,1-3H3. The highest BCUT2D eigenvalue weighted by atomic mass is 127. The van der Waals surface area contributed by atoms with E-state index < -0.39 is 0 Å². The monoisotopic (exact) mass is 370 g/mol. The molecule has 2 aromatic heterocycles. The summed E-state index contributed by atoms with van der Waals surface area (Å²) in [6.07, 6.45) is 5.83. The molecule has 1 N–H and O–H groups in total. The molecule has 2 rings (SSSR count).